The first-order chi connectivity index (χ1) is 14.3. The van der Waals surface area contributed by atoms with E-state index in [2.05, 4.69) is 12.0 Å². The molecule has 1 unspecified atom stereocenters. The van der Waals surface area contributed by atoms with Crippen molar-refractivity contribution in [2.24, 2.45) is 40.9 Å². The van der Waals surface area contributed by atoms with Crippen LogP contribution in [0, 0.1) is 40.9 Å². The average Bonchev–Trinajstić information content (AvgIpc) is 3.33. The lowest BCUT2D eigenvalue weighted by molar-refractivity contribution is -0.165. The van der Waals surface area contributed by atoms with E-state index in [9.17, 15) is 9.90 Å². The van der Waals surface area contributed by atoms with Crippen LogP contribution in [-0.4, -0.2) is 39.5 Å². The van der Waals surface area contributed by atoms with Crippen LogP contribution < -0.4 is 0 Å². The third-order valence-corrected chi connectivity index (χ3v) is 9.92. The Balaban J connectivity index is 1.33. The Hall–Kier alpha value is -1.20. The molecule has 5 heteroatoms. The van der Waals surface area contributed by atoms with Crippen molar-refractivity contribution in [1.29, 1.82) is 0 Å². The molecule has 0 aliphatic heterocycles. The Morgan fingerprint density at radius 1 is 1.17 bits per heavy atom. The van der Waals surface area contributed by atoms with Crippen LogP contribution in [0.3, 0.4) is 0 Å². The van der Waals surface area contributed by atoms with Crippen LogP contribution in [0.25, 0.3) is 0 Å². The second kappa shape index (κ2) is 7.44. The molecule has 1 N–H and O–H groups in total. The van der Waals surface area contributed by atoms with Crippen molar-refractivity contribution in [3.8, 4) is 0 Å². The van der Waals surface area contributed by atoms with Crippen LogP contribution in [0.15, 0.2) is 18.5 Å². The Morgan fingerprint density at radius 2 is 2.00 bits per heavy atom. The van der Waals surface area contributed by atoms with E-state index in [4.69, 9.17) is 4.74 Å². The van der Waals surface area contributed by atoms with Gasteiger partial charge in [-0.2, -0.15) is 5.10 Å². The summed E-state index contributed by atoms with van der Waals surface area (Å²) in [4.78, 5) is 13.2. The number of Topliss-reactive ketones (excluding diaryl/α,β-unsaturated/α-hetero) is 1. The molecule has 9 atom stereocenters. The summed E-state index contributed by atoms with van der Waals surface area (Å²) < 4.78 is 7.52. The van der Waals surface area contributed by atoms with Crippen molar-refractivity contribution in [1.82, 2.24) is 9.78 Å². The number of rotatable bonds is 4. The zero-order valence-corrected chi connectivity index (χ0v) is 18.8. The van der Waals surface area contributed by atoms with Gasteiger partial charge in [-0.25, -0.2) is 0 Å². The minimum atomic E-state index is -0.691. The molecule has 0 bridgehead atoms. The highest BCUT2D eigenvalue weighted by Gasteiger charge is 2.59. The molecule has 4 saturated carbocycles. The van der Waals surface area contributed by atoms with E-state index < -0.39 is 5.60 Å². The number of hydrogen-bond donors (Lipinski definition) is 1. The van der Waals surface area contributed by atoms with Crippen molar-refractivity contribution in [2.45, 2.75) is 83.5 Å². The summed E-state index contributed by atoms with van der Waals surface area (Å²) in [5.41, 5.74) is -0.539. The highest BCUT2D eigenvalue weighted by atomic mass is 16.5. The van der Waals surface area contributed by atoms with E-state index in [1.807, 2.05) is 19.2 Å². The third kappa shape index (κ3) is 3.19. The van der Waals surface area contributed by atoms with Gasteiger partial charge in [0.1, 0.15) is 0 Å². The fourth-order valence-electron chi connectivity index (χ4n) is 8.56. The molecule has 1 aromatic rings. The Kier molecular flexibility index (Phi) is 5.13. The lowest BCUT2D eigenvalue weighted by Gasteiger charge is -2.58. The zero-order chi connectivity index (χ0) is 21.1. The number of carbonyl (C=O) groups excluding carboxylic acids is 1. The molecule has 30 heavy (non-hydrogen) atoms. The second-order valence-electron chi connectivity index (χ2n) is 11.3. The molecule has 0 spiro atoms. The molecule has 4 aliphatic rings. The highest BCUT2D eigenvalue weighted by Crippen LogP contribution is 2.64. The van der Waals surface area contributed by atoms with Gasteiger partial charge in [0.15, 0.2) is 5.78 Å². The van der Waals surface area contributed by atoms with Gasteiger partial charge in [-0.1, -0.05) is 6.92 Å². The maximum atomic E-state index is 13.2. The Bertz CT molecular complexity index is 775. The lowest BCUT2D eigenvalue weighted by atomic mass is 9.48. The number of hydrogen-bond acceptors (Lipinski definition) is 4. The van der Waals surface area contributed by atoms with Crippen LogP contribution in [0.4, 0.5) is 0 Å². The highest BCUT2D eigenvalue weighted by molar-refractivity contribution is 5.82. The molecule has 0 radical (unpaired) electrons. The summed E-state index contributed by atoms with van der Waals surface area (Å²) in [5.74, 6) is 4.04. The van der Waals surface area contributed by atoms with E-state index in [-0.39, 0.29) is 17.4 Å². The van der Waals surface area contributed by atoms with E-state index >= 15 is 0 Å². The number of nitrogens with zero attached hydrogens (tertiary/aromatic N) is 2. The minimum Gasteiger partial charge on any atom is -0.387 e. The van der Waals surface area contributed by atoms with Crippen LogP contribution in [0.5, 0.6) is 0 Å². The summed E-state index contributed by atoms with van der Waals surface area (Å²) >= 11 is 0. The predicted octanol–water partition coefficient (Wildman–Crippen LogP) is 4.10. The van der Waals surface area contributed by atoms with Crippen LogP contribution >= 0.6 is 0 Å². The SMILES string of the molecule is CO[C@H]1C[C@H]2[C@@H](CCC3[C@@H]2CC[C@]2(C)[C@@H](C(=O)Cn4cccn4)CC[C@@H]32)C[C@]1(C)O. The summed E-state index contributed by atoms with van der Waals surface area (Å²) in [6.45, 7) is 4.81. The van der Waals surface area contributed by atoms with Gasteiger partial charge in [-0.15, -0.1) is 0 Å². The van der Waals surface area contributed by atoms with Gasteiger partial charge in [0, 0.05) is 25.4 Å². The van der Waals surface area contributed by atoms with Crippen LogP contribution in [0.2, 0.25) is 0 Å². The normalized spacial score (nSPS) is 47.9. The summed E-state index contributed by atoms with van der Waals surface area (Å²) in [6.07, 6.45) is 12.7. The van der Waals surface area contributed by atoms with Gasteiger partial charge in [-0.3, -0.25) is 9.48 Å². The molecule has 5 rings (SSSR count). The van der Waals surface area contributed by atoms with Gasteiger partial charge >= 0.3 is 0 Å². The molecule has 1 heterocycles. The van der Waals surface area contributed by atoms with E-state index in [0.717, 1.165) is 31.1 Å². The first-order valence-electron chi connectivity index (χ1n) is 12.1. The fraction of sp³-hybridized carbons (Fsp3) is 0.840. The van der Waals surface area contributed by atoms with Crippen LogP contribution in [-0.2, 0) is 16.1 Å². The second-order valence-corrected chi connectivity index (χ2v) is 11.3. The van der Waals surface area contributed by atoms with Crippen molar-refractivity contribution in [3.05, 3.63) is 18.5 Å². The summed E-state index contributed by atoms with van der Waals surface area (Å²) in [7, 11) is 1.75. The van der Waals surface area contributed by atoms with E-state index in [1.54, 1.807) is 18.0 Å². The van der Waals surface area contributed by atoms with Crippen molar-refractivity contribution in [3.63, 3.8) is 0 Å². The smallest absolute Gasteiger partial charge is 0.157 e. The molecular formula is C25H38N2O3. The zero-order valence-electron chi connectivity index (χ0n) is 18.8. The number of aromatic nitrogens is 2. The number of ether oxygens (including phenoxy) is 1. The third-order valence-electron chi connectivity index (χ3n) is 9.92. The van der Waals surface area contributed by atoms with Gasteiger partial charge in [-0.05, 0) is 99.4 Å². The topological polar surface area (TPSA) is 64.4 Å². The quantitative estimate of drug-likeness (QED) is 0.806. The predicted molar refractivity (Wildman–Crippen MR) is 115 cm³/mol. The Morgan fingerprint density at radius 3 is 2.73 bits per heavy atom. The first-order valence-corrected chi connectivity index (χ1v) is 12.1. The van der Waals surface area contributed by atoms with E-state index in [0.29, 0.717) is 30.1 Å². The fourth-order valence-corrected chi connectivity index (χ4v) is 8.56. The number of aliphatic hydroxyl groups is 1. The van der Waals surface area contributed by atoms with Crippen molar-refractivity contribution in [2.75, 3.05) is 7.11 Å². The number of carbonyl (C=O) groups is 1. The molecule has 0 aromatic carbocycles. The minimum absolute atomic E-state index is 0.0437. The molecule has 5 nitrogen and oxygen atoms in total. The first kappa shape index (κ1) is 20.7. The molecule has 4 aliphatic carbocycles. The molecule has 0 amide bonds. The molecule has 0 saturated heterocycles. The number of methoxy groups -OCH3 is 1. The number of fused-ring (bicyclic) bond motifs is 5. The molecule has 1 aromatic heterocycles. The van der Waals surface area contributed by atoms with Crippen molar-refractivity contribution >= 4 is 5.78 Å². The maximum absolute atomic E-state index is 13.2. The maximum Gasteiger partial charge on any atom is 0.157 e. The summed E-state index contributed by atoms with van der Waals surface area (Å²) in [5, 5.41) is 15.1. The van der Waals surface area contributed by atoms with Crippen LogP contribution in [0.1, 0.15) is 65.2 Å². The molecular weight excluding hydrogens is 376 g/mol. The van der Waals surface area contributed by atoms with Gasteiger partial charge in [0.25, 0.3) is 0 Å². The monoisotopic (exact) mass is 414 g/mol. The Labute approximate surface area is 180 Å². The standard InChI is InChI=1S/C25H38N2O3/c1-24-10-9-17-18(6-5-16-14-25(2,29)23(30-3)13-19(16)17)20(24)7-8-21(24)22(28)15-27-12-4-11-26-27/h4,11-12,16-21,23,29H,5-10,13-15H2,1-3H3/t16-,17-,18?,19-,20-,21+,23-,24-,25-/m0/s1. The average molecular weight is 415 g/mol. The molecule has 4 fully saturated rings. The van der Waals surface area contributed by atoms with Gasteiger partial charge in [0.05, 0.1) is 18.2 Å². The van der Waals surface area contributed by atoms with Gasteiger partial charge in [0.2, 0.25) is 0 Å². The molecule has 166 valence electrons. The largest absolute Gasteiger partial charge is 0.387 e. The lowest BCUT2D eigenvalue weighted by Crippen LogP contribution is -2.55. The summed E-state index contributed by atoms with van der Waals surface area (Å²) in [6, 6.07) is 1.89. The van der Waals surface area contributed by atoms with Crippen molar-refractivity contribution < 1.29 is 14.6 Å². The number of ketones is 1. The van der Waals surface area contributed by atoms with E-state index in [1.165, 1.54) is 32.1 Å². The van der Waals surface area contributed by atoms with Gasteiger partial charge < -0.3 is 9.84 Å².